The van der Waals surface area contributed by atoms with Crippen molar-refractivity contribution >= 4 is 5.78 Å². The van der Waals surface area contributed by atoms with Crippen LogP contribution < -0.4 is 0 Å². The lowest BCUT2D eigenvalue weighted by Crippen LogP contribution is -2.41. The van der Waals surface area contributed by atoms with Crippen LogP contribution in [0.5, 0.6) is 0 Å². The number of carbonyl (C=O) groups is 1. The van der Waals surface area contributed by atoms with Crippen LogP contribution in [0, 0.1) is 5.92 Å². The van der Waals surface area contributed by atoms with Gasteiger partial charge in [-0.25, -0.2) is 0 Å². The molecule has 104 valence electrons. The lowest BCUT2D eigenvalue weighted by molar-refractivity contribution is -0.129. The van der Waals surface area contributed by atoms with Gasteiger partial charge in [0.25, 0.3) is 0 Å². The number of rotatable bonds is 5. The zero-order valence-corrected chi connectivity index (χ0v) is 12.3. The first-order valence-corrected chi connectivity index (χ1v) is 7.80. The molecule has 2 rings (SSSR count). The predicted octanol–water partition coefficient (Wildman–Crippen LogP) is 4.89. The van der Waals surface area contributed by atoms with Crippen LogP contribution in [0.15, 0.2) is 30.3 Å². The highest BCUT2D eigenvalue weighted by Gasteiger charge is 2.42. The first kappa shape index (κ1) is 14.3. The van der Waals surface area contributed by atoms with Gasteiger partial charge in [0.15, 0.2) is 0 Å². The smallest absolute Gasteiger partial charge is 0.146 e. The van der Waals surface area contributed by atoms with E-state index in [0.717, 1.165) is 25.7 Å². The van der Waals surface area contributed by atoms with Crippen molar-refractivity contribution in [3.63, 3.8) is 0 Å². The summed E-state index contributed by atoms with van der Waals surface area (Å²) in [4.78, 5) is 13.0. The highest BCUT2D eigenvalue weighted by Crippen LogP contribution is 2.42. The molecule has 1 atom stereocenters. The topological polar surface area (TPSA) is 17.1 Å². The van der Waals surface area contributed by atoms with Crippen molar-refractivity contribution in [3.05, 3.63) is 35.9 Å². The van der Waals surface area contributed by atoms with Crippen LogP contribution in [0.4, 0.5) is 0 Å². The Morgan fingerprint density at radius 2 is 1.79 bits per heavy atom. The molecule has 0 aliphatic heterocycles. The van der Waals surface area contributed by atoms with Gasteiger partial charge in [-0.2, -0.15) is 0 Å². The van der Waals surface area contributed by atoms with E-state index >= 15 is 0 Å². The molecule has 0 N–H and O–H groups in total. The minimum Gasteiger partial charge on any atom is -0.298 e. The van der Waals surface area contributed by atoms with E-state index in [-0.39, 0.29) is 11.3 Å². The van der Waals surface area contributed by atoms with Gasteiger partial charge in [-0.15, -0.1) is 0 Å². The van der Waals surface area contributed by atoms with E-state index in [1.54, 1.807) is 0 Å². The molecule has 1 aliphatic rings. The summed E-state index contributed by atoms with van der Waals surface area (Å²) in [6, 6.07) is 10.5. The largest absolute Gasteiger partial charge is 0.298 e. The maximum Gasteiger partial charge on any atom is 0.146 e. The van der Waals surface area contributed by atoms with Crippen LogP contribution in [0.1, 0.15) is 64.4 Å². The number of ketones is 1. The molecule has 1 nitrogen and oxygen atoms in total. The SMILES string of the molecule is CCCC(C)C(=O)C1(c2ccccc2)CCCCC1. The van der Waals surface area contributed by atoms with Crippen LogP contribution in [-0.2, 0) is 10.2 Å². The highest BCUT2D eigenvalue weighted by atomic mass is 16.1. The Labute approximate surface area is 117 Å². The Balaban J connectivity index is 2.32. The van der Waals surface area contributed by atoms with Gasteiger partial charge in [-0.05, 0) is 24.8 Å². The second-order valence-corrected chi connectivity index (χ2v) is 6.06. The molecule has 1 aliphatic carbocycles. The van der Waals surface area contributed by atoms with Crippen molar-refractivity contribution in [2.24, 2.45) is 5.92 Å². The molecular weight excluding hydrogens is 232 g/mol. The Morgan fingerprint density at radius 1 is 1.16 bits per heavy atom. The Kier molecular flexibility index (Phi) is 4.79. The van der Waals surface area contributed by atoms with Crippen LogP contribution in [0.25, 0.3) is 0 Å². The second-order valence-electron chi connectivity index (χ2n) is 6.06. The van der Waals surface area contributed by atoms with Gasteiger partial charge in [0.1, 0.15) is 5.78 Å². The summed E-state index contributed by atoms with van der Waals surface area (Å²) in [5, 5.41) is 0. The average molecular weight is 258 g/mol. The van der Waals surface area contributed by atoms with Gasteiger partial charge in [-0.3, -0.25) is 4.79 Å². The lowest BCUT2D eigenvalue weighted by atomic mass is 9.64. The fourth-order valence-corrected chi connectivity index (χ4v) is 3.63. The number of hydrogen-bond acceptors (Lipinski definition) is 1. The van der Waals surface area contributed by atoms with Crippen molar-refractivity contribution in [1.29, 1.82) is 0 Å². The quantitative estimate of drug-likeness (QED) is 0.734. The number of hydrogen-bond donors (Lipinski definition) is 0. The van der Waals surface area contributed by atoms with Crippen LogP contribution in [0.3, 0.4) is 0 Å². The molecule has 0 amide bonds. The standard InChI is InChI=1S/C18H26O/c1-3-10-15(2)17(19)18(13-8-5-9-14-18)16-11-6-4-7-12-16/h4,6-7,11-12,15H,3,5,8-10,13-14H2,1-2H3. The molecule has 1 unspecified atom stereocenters. The summed E-state index contributed by atoms with van der Waals surface area (Å²) < 4.78 is 0. The van der Waals surface area contributed by atoms with Crippen molar-refractivity contribution < 1.29 is 4.79 Å². The first-order valence-electron chi connectivity index (χ1n) is 7.80. The van der Waals surface area contributed by atoms with Crippen LogP contribution in [0.2, 0.25) is 0 Å². The molecule has 1 aromatic rings. The lowest BCUT2D eigenvalue weighted by Gasteiger charge is -2.38. The molecule has 0 heterocycles. The molecule has 0 aromatic heterocycles. The van der Waals surface area contributed by atoms with E-state index in [4.69, 9.17) is 0 Å². The van der Waals surface area contributed by atoms with Crippen LogP contribution >= 0.6 is 0 Å². The molecular formula is C18H26O. The minimum absolute atomic E-state index is 0.186. The third-order valence-electron chi connectivity index (χ3n) is 4.67. The molecule has 1 saturated carbocycles. The normalized spacial score (nSPS) is 19.9. The van der Waals surface area contributed by atoms with E-state index in [9.17, 15) is 4.79 Å². The first-order chi connectivity index (χ1) is 9.20. The van der Waals surface area contributed by atoms with Crippen molar-refractivity contribution in [2.75, 3.05) is 0 Å². The third kappa shape index (κ3) is 2.91. The molecule has 1 fully saturated rings. The third-order valence-corrected chi connectivity index (χ3v) is 4.67. The summed E-state index contributed by atoms with van der Waals surface area (Å²) in [5.41, 5.74) is 1.07. The van der Waals surface area contributed by atoms with E-state index in [0.29, 0.717) is 5.78 Å². The molecule has 1 heteroatoms. The van der Waals surface area contributed by atoms with Crippen molar-refractivity contribution in [1.82, 2.24) is 0 Å². The van der Waals surface area contributed by atoms with Crippen LogP contribution in [-0.4, -0.2) is 5.78 Å². The van der Waals surface area contributed by atoms with Gasteiger partial charge >= 0.3 is 0 Å². The van der Waals surface area contributed by atoms with E-state index in [2.05, 4.69) is 38.1 Å². The number of Topliss-reactive ketones (excluding diaryl/α,β-unsaturated/α-hetero) is 1. The number of carbonyl (C=O) groups excluding carboxylic acids is 1. The van der Waals surface area contributed by atoms with E-state index < -0.39 is 0 Å². The maximum absolute atomic E-state index is 13.0. The van der Waals surface area contributed by atoms with Gasteiger partial charge in [-0.1, -0.05) is 69.9 Å². The second kappa shape index (κ2) is 6.36. The molecule has 0 saturated heterocycles. The fourth-order valence-electron chi connectivity index (χ4n) is 3.63. The predicted molar refractivity (Wildman–Crippen MR) is 80.3 cm³/mol. The Bertz CT molecular complexity index is 401. The van der Waals surface area contributed by atoms with Gasteiger partial charge in [0.2, 0.25) is 0 Å². The number of benzene rings is 1. The maximum atomic E-state index is 13.0. The molecule has 0 radical (unpaired) electrons. The van der Waals surface area contributed by atoms with E-state index in [1.165, 1.54) is 24.8 Å². The minimum atomic E-state index is -0.186. The van der Waals surface area contributed by atoms with Gasteiger partial charge in [0.05, 0.1) is 5.41 Å². The van der Waals surface area contributed by atoms with Gasteiger partial charge in [0, 0.05) is 5.92 Å². The zero-order valence-electron chi connectivity index (χ0n) is 12.3. The Hall–Kier alpha value is -1.11. The van der Waals surface area contributed by atoms with Gasteiger partial charge < -0.3 is 0 Å². The zero-order chi connectivity index (χ0) is 13.7. The fraction of sp³-hybridized carbons (Fsp3) is 0.611. The monoisotopic (exact) mass is 258 g/mol. The van der Waals surface area contributed by atoms with E-state index in [1.807, 2.05) is 6.07 Å². The van der Waals surface area contributed by atoms with Crippen molar-refractivity contribution in [2.45, 2.75) is 64.2 Å². The molecule has 1 aromatic carbocycles. The summed E-state index contributed by atoms with van der Waals surface area (Å²) in [6.07, 6.45) is 7.88. The average Bonchev–Trinajstić information content (AvgIpc) is 2.48. The van der Waals surface area contributed by atoms with Crippen molar-refractivity contribution in [3.8, 4) is 0 Å². The highest BCUT2D eigenvalue weighted by molar-refractivity contribution is 5.92. The Morgan fingerprint density at radius 3 is 2.37 bits per heavy atom. The molecule has 19 heavy (non-hydrogen) atoms. The summed E-state index contributed by atoms with van der Waals surface area (Å²) >= 11 is 0. The summed E-state index contributed by atoms with van der Waals surface area (Å²) in [5.74, 6) is 0.684. The summed E-state index contributed by atoms with van der Waals surface area (Å²) in [6.45, 7) is 4.28. The molecule has 0 spiro atoms. The molecule has 0 bridgehead atoms. The summed E-state index contributed by atoms with van der Waals surface area (Å²) in [7, 11) is 0.